The van der Waals surface area contributed by atoms with Gasteiger partial charge in [-0.25, -0.2) is 24.1 Å². The Bertz CT molecular complexity index is 1180. The second kappa shape index (κ2) is 8.72. The quantitative estimate of drug-likeness (QED) is 0.264. The standard InChI is InChI=1S/C15H22N6O11P2/c16-15-20-9-12-17-5-18-13(9)21(15)14-11(23)10(22)7(31-14)4-29-34(27,32-33(24,25)26)28-3-6-1-2-8(19-12)30-6/h5-8,10-11,14,22-23H,1-4H2,(H2,16,20)(H,17,18,19)(H2,24,25,26). The number of aliphatic hydroxyl groups is 2. The number of phosphoric acid groups is 2. The molecule has 2 aromatic rings. The summed E-state index contributed by atoms with van der Waals surface area (Å²) in [6.45, 7) is -1.09. The second-order valence-corrected chi connectivity index (χ2v) is 10.9. The first-order chi connectivity index (χ1) is 16.0. The zero-order chi connectivity index (χ0) is 24.3. The summed E-state index contributed by atoms with van der Waals surface area (Å²) in [5, 5.41) is 24.1. The molecule has 5 rings (SSSR count). The van der Waals surface area contributed by atoms with Crippen LogP contribution in [0, 0.1) is 0 Å². The Hall–Kier alpha value is -1.75. The maximum atomic E-state index is 12.9. The van der Waals surface area contributed by atoms with E-state index in [4.69, 9.17) is 34.0 Å². The highest BCUT2D eigenvalue weighted by atomic mass is 31.3. The Morgan fingerprint density at radius 1 is 1.18 bits per heavy atom. The van der Waals surface area contributed by atoms with Crippen LogP contribution < -0.4 is 11.1 Å². The molecule has 7 N–H and O–H groups in total. The molecule has 0 radical (unpaired) electrons. The van der Waals surface area contributed by atoms with Gasteiger partial charge in [0.1, 0.15) is 30.9 Å². The molecule has 2 aromatic heterocycles. The van der Waals surface area contributed by atoms with Gasteiger partial charge in [0.25, 0.3) is 0 Å². The fraction of sp³-hybridized carbons (Fsp3) is 0.667. The first-order valence-corrected chi connectivity index (χ1v) is 13.1. The van der Waals surface area contributed by atoms with Crippen LogP contribution in [0.25, 0.3) is 11.2 Å². The van der Waals surface area contributed by atoms with Crippen LogP contribution in [0.15, 0.2) is 6.33 Å². The maximum absolute atomic E-state index is 12.9. The van der Waals surface area contributed by atoms with Crippen LogP contribution in [-0.4, -0.2) is 83.4 Å². The molecule has 0 amide bonds. The Balaban J connectivity index is 1.53. The molecule has 19 heteroatoms. The number of rotatable bonds is 2. The normalized spacial score (nSPS) is 36.7. The molecule has 3 aliphatic heterocycles. The van der Waals surface area contributed by atoms with E-state index in [1.807, 2.05) is 0 Å². The molecule has 188 valence electrons. The minimum absolute atomic E-state index is 0.0928. The molecule has 34 heavy (non-hydrogen) atoms. The van der Waals surface area contributed by atoms with Gasteiger partial charge in [0.05, 0.1) is 19.3 Å². The average Bonchev–Trinajstić information content (AvgIpc) is 3.41. The molecule has 0 aliphatic carbocycles. The van der Waals surface area contributed by atoms with Gasteiger partial charge < -0.3 is 40.5 Å². The van der Waals surface area contributed by atoms with Gasteiger partial charge in [-0.2, -0.15) is 4.31 Å². The number of imidazole rings is 1. The van der Waals surface area contributed by atoms with Crippen LogP contribution in [0.1, 0.15) is 19.1 Å². The molecule has 8 bridgehead atoms. The molecule has 3 aliphatic rings. The molecular formula is C15H22N6O11P2. The number of nitrogens with two attached hydrogens (primary N) is 1. The van der Waals surface area contributed by atoms with Crippen LogP contribution in [0.5, 0.6) is 0 Å². The second-order valence-electron chi connectivity index (χ2n) is 7.86. The number of fused-ring (bicyclic) bond motifs is 5. The smallest absolute Gasteiger partial charge is 0.387 e. The fourth-order valence-electron chi connectivity index (χ4n) is 4.00. The lowest BCUT2D eigenvalue weighted by Gasteiger charge is -2.22. The van der Waals surface area contributed by atoms with Gasteiger partial charge in [0.15, 0.2) is 23.2 Å². The third kappa shape index (κ3) is 4.57. The van der Waals surface area contributed by atoms with E-state index in [1.54, 1.807) is 0 Å². The summed E-state index contributed by atoms with van der Waals surface area (Å²) in [4.78, 5) is 30.9. The third-order valence-corrected chi connectivity index (χ3v) is 8.10. The minimum atomic E-state index is -5.30. The predicted molar refractivity (Wildman–Crippen MR) is 110 cm³/mol. The van der Waals surface area contributed by atoms with Gasteiger partial charge in [-0.3, -0.25) is 13.6 Å². The fourth-order valence-corrected chi connectivity index (χ4v) is 6.18. The van der Waals surface area contributed by atoms with E-state index in [9.17, 15) is 19.3 Å². The van der Waals surface area contributed by atoms with Crippen LogP contribution in [-0.2, 0) is 32.0 Å². The van der Waals surface area contributed by atoms with Crippen LogP contribution >= 0.6 is 15.6 Å². The van der Waals surface area contributed by atoms with E-state index >= 15 is 0 Å². The number of nitrogen functional groups attached to an aromatic ring is 1. The van der Waals surface area contributed by atoms with Crippen molar-refractivity contribution in [2.75, 3.05) is 24.3 Å². The summed E-state index contributed by atoms with van der Waals surface area (Å²) >= 11 is 0. The molecule has 7 atom stereocenters. The van der Waals surface area contributed by atoms with Crippen molar-refractivity contribution >= 4 is 38.6 Å². The Morgan fingerprint density at radius 3 is 2.71 bits per heavy atom. The SMILES string of the molecule is Nc1nc2c3ncnc2n1C1OC(COP(=O)(OP(=O)(O)O)OCC2CCC(N3)O2)C(O)C1O. The largest absolute Gasteiger partial charge is 0.483 e. The minimum Gasteiger partial charge on any atom is -0.387 e. The number of phosphoric ester groups is 1. The molecule has 0 aromatic carbocycles. The topological polar surface area (TPSA) is 243 Å². The summed E-state index contributed by atoms with van der Waals surface area (Å²) in [5.41, 5.74) is 6.54. The summed E-state index contributed by atoms with van der Waals surface area (Å²) in [6, 6.07) is 0. The van der Waals surface area contributed by atoms with Crippen LogP contribution in [0.2, 0.25) is 0 Å². The van der Waals surface area contributed by atoms with E-state index in [0.29, 0.717) is 12.8 Å². The Labute approximate surface area is 191 Å². The molecule has 5 heterocycles. The summed E-state index contributed by atoms with van der Waals surface area (Å²) in [6.07, 6.45) is -4.70. The lowest BCUT2D eigenvalue weighted by atomic mass is 10.1. The van der Waals surface area contributed by atoms with Crippen molar-refractivity contribution in [3.63, 3.8) is 0 Å². The van der Waals surface area contributed by atoms with Crippen molar-refractivity contribution in [1.82, 2.24) is 19.5 Å². The highest BCUT2D eigenvalue weighted by Crippen LogP contribution is 2.61. The number of aliphatic hydroxyl groups excluding tert-OH is 2. The van der Waals surface area contributed by atoms with Crippen molar-refractivity contribution in [3.8, 4) is 0 Å². The van der Waals surface area contributed by atoms with Crippen molar-refractivity contribution in [2.24, 2.45) is 0 Å². The average molecular weight is 524 g/mol. The molecule has 7 unspecified atom stereocenters. The molecule has 0 spiro atoms. The number of ether oxygens (including phenoxy) is 2. The van der Waals surface area contributed by atoms with Crippen LogP contribution in [0.4, 0.5) is 11.8 Å². The maximum Gasteiger partial charge on any atom is 0.483 e. The number of anilines is 2. The van der Waals surface area contributed by atoms with Crippen molar-refractivity contribution in [3.05, 3.63) is 6.33 Å². The lowest BCUT2D eigenvalue weighted by molar-refractivity contribution is -0.0518. The first kappa shape index (κ1) is 24.0. The van der Waals surface area contributed by atoms with E-state index in [2.05, 4.69) is 24.6 Å². The van der Waals surface area contributed by atoms with Gasteiger partial charge in [-0.1, -0.05) is 0 Å². The lowest BCUT2D eigenvalue weighted by Crippen LogP contribution is -2.34. The zero-order valence-corrected chi connectivity index (χ0v) is 19.1. The van der Waals surface area contributed by atoms with Crippen molar-refractivity contribution in [2.45, 2.75) is 49.7 Å². The molecule has 17 nitrogen and oxygen atoms in total. The molecule has 2 saturated heterocycles. The van der Waals surface area contributed by atoms with Gasteiger partial charge in [-0.15, -0.1) is 0 Å². The van der Waals surface area contributed by atoms with Gasteiger partial charge >= 0.3 is 15.6 Å². The van der Waals surface area contributed by atoms with Crippen molar-refractivity contribution in [1.29, 1.82) is 0 Å². The molecular weight excluding hydrogens is 502 g/mol. The summed E-state index contributed by atoms with van der Waals surface area (Å²) < 4.78 is 51.4. The summed E-state index contributed by atoms with van der Waals surface area (Å²) in [5.74, 6) is 0.197. The zero-order valence-electron chi connectivity index (χ0n) is 17.3. The van der Waals surface area contributed by atoms with E-state index < -0.39 is 59.1 Å². The highest BCUT2D eigenvalue weighted by molar-refractivity contribution is 7.61. The van der Waals surface area contributed by atoms with Crippen LogP contribution in [0.3, 0.4) is 0 Å². The Kier molecular flexibility index (Phi) is 6.15. The summed E-state index contributed by atoms with van der Waals surface area (Å²) in [7, 11) is -10.1. The molecule has 2 fully saturated rings. The monoisotopic (exact) mass is 524 g/mol. The number of aromatic nitrogens is 4. The Morgan fingerprint density at radius 2 is 1.94 bits per heavy atom. The van der Waals surface area contributed by atoms with Gasteiger partial charge in [-0.05, 0) is 12.8 Å². The van der Waals surface area contributed by atoms with E-state index in [1.165, 1.54) is 10.9 Å². The molecule has 0 saturated carbocycles. The predicted octanol–water partition coefficient (Wildman–Crippen LogP) is -0.791. The van der Waals surface area contributed by atoms with E-state index in [0.717, 1.165) is 0 Å². The number of hydrogen-bond donors (Lipinski definition) is 6. The van der Waals surface area contributed by atoms with Gasteiger partial charge in [0, 0.05) is 0 Å². The number of nitrogens with zero attached hydrogens (tertiary/aromatic N) is 4. The number of nitrogens with one attached hydrogen (secondary N) is 1. The highest BCUT2D eigenvalue weighted by Gasteiger charge is 2.47. The van der Waals surface area contributed by atoms with E-state index in [-0.39, 0.29) is 29.5 Å². The first-order valence-electron chi connectivity index (χ1n) is 10.1. The van der Waals surface area contributed by atoms with Crippen molar-refractivity contribution < 1.29 is 52.0 Å². The van der Waals surface area contributed by atoms with Gasteiger partial charge in [0.2, 0.25) is 5.95 Å². The third-order valence-electron chi connectivity index (χ3n) is 5.52. The number of hydrogen-bond acceptors (Lipinski definition) is 14.